The number of nitrogens with zero attached hydrogens (tertiary/aromatic N) is 3. The van der Waals surface area contributed by atoms with E-state index in [1.165, 1.54) is 5.56 Å². The van der Waals surface area contributed by atoms with Crippen LogP contribution in [0.5, 0.6) is 17.2 Å². The average molecular weight is 923 g/mol. The molecule has 9 heteroatoms. The van der Waals surface area contributed by atoms with Crippen molar-refractivity contribution in [2.45, 2.75) is 59.3 Å². The van der Waals surface area contributed by atoms with Crippen molar-refractivity contribution in [2.75, 3.05) is 0 Å². The highest BCUT2D eigenvalue weighted by molar-refractivity contribution is 14.1. The van der Waals surface area contributed by atoms with Crippen molar-refractivity contribution in [1.82, 2.24) is 0 Å². The summed E-state index contributed by atoms with van der Waals surface area (Å²) in [5, 5.41) is 58.9. The molecule has 0 saturated heterocycles. The maximum absolute atomic E-state index is 9.46. The lowest BCUT2D eigenvalue weighted by atomic mass is 9.91. The summed E-state index contributed by atoms with van der Waals surface area (Å²) in [7, 11) is 0. The second-order valence-electron chi connectivity index (χ2n) is 14.2. The number of rotatable bonds is 12. The number of hydrogen-bond donors (Lipinski definition) is 5. The van der Waals surface area contributed by atoms with Gasteiger partial charge in [0, 0.05) is 9.13 Å². The molecule has 6 aromatic rings. The summed E-state index contributed by atoms with van der Waals surface area (Å²) < 4.78 is 0.964. The van der Waals surface area contributed by atoms with E-state index < -0.39 is 0 Å². The second-order valence-corrected chi connectivity index (χ2v) is 15.3. The van der Waals surface area contributed by atoms with Gasteiger partial charge < -0.3 is 26.3 Å². The van der Waals surface area contributed by atoms with Crippen molar-refractivity contribution < 1.29 is 20.5 Å². The van der Waals surface area contributed by atoms with E-state index in [4.69, 9.17) is 10.9 Å². The van der Waals surface area contributed by atoms with Crippen LogP contribution in [0.25, 0.3) is 45.5 Å². The van der Waals surface area contributed by atoms with Gasteiger partial charge in [-0.2, -0.15) is 10.5 Å². The third-order valence-corrected chi connectivity index (χ3v) is 11.0. The molecule has 0 amide bonds. The number of aryl methyl sites for hydroxylation is 3. The molecule has 0 aliphatic rings. The van der Waals surface area contributed by atoms with Crippen LogP contribution < -0.4 is 5.73 Å². The Bertz CT molecular complexity index is 2570. The molecule has 61 heavy (non-hydrogen) atoms. The summed E-state index contributed by atoms with van der Waals surface area (Å²) in [6.07, 6.45) is 9.32. The van der Waals surface area contributed by atoms with E-state index in [9.17, 15) is 25.8 Å². The van der Waals surface area contributed by atoms with E-state index in [0.717, 1.165) is 103 Å². The highest BCUT2D eigenvalue weighted by atomic mass is 127. The van der Waals surface area contributed by atoms with Crippen molar-refractivity contribution in [2.24, 2.45) is 10.9 Å². The van der Waals surface area contributed by atoms with E-state index >= 15 is 0 Å². The van der Waals surface area contributed by atoms with Crippen molar-refractivity contribution in [3.8, 4) is 62.8 Å². The standard InChI is InChI=1S/C18H20N2O2.C18H17NO.C16H14INO/c1-3-5-12-10-16(13-6-8-14(21)9-7-13)15(4-2)17(11-12)18(19)20-22;1-3-5-13-10-15(12-19)17(4-2)18(11-13)14-6-8-16(20)9-7-14;1-2-3-11-8-13(10-18)16(17)15(9-11)12-4-6-14(19)7-5-12/h4,6-11,21-22H,2-3,5H2,1H3,(H2,19,20);4,6-11,20H,2-3,5H2,1H3;4-9,19H,2-3H2,1H3. The van der Waals surface area contributed by atoms with Crippen LogP contribution in [0, 0.1) is 26.2 Å². The van der Waals surface area contributed by atoms with E-state index in [1.807, 2.05) is 54.6 Å². The van der Waals surface area contributed by atoms with Gasteiger partial charge in [0.15, 0.2) is 5.84 Å². The molecule has 6 aromatic carbocycles. The molecule has 0 radical (unpaired) electrons. The molecule has 0 spiro atoms. The third kappa shape index (κ3) is 12.4. The molecule has 0 bridgehead atoms. The lowest BCUT2D eigenvalue weighted by molar-refractivity contribution is 0.318. The van der Waals surface area contributed by atoms with Crippen LogP contribution in [0.1, 0.15) is 84.5 Å². The van der Waals surface area contributed by atoms with Gasteiger partial charge >= 0.3 is 0 Å². The zero-order valence-corrected chi connectivity index (χ0v) is 36.9. The number of aromatic hydroxyl groups is 3. The average Bonchev–Trinajstić information content (AvgIpc) is 3.27. The minimum absolute atomic E-state index is 0.0629. The van der Waals surface area contributed by atoms with Gasteiger partial charge in [-0.3, -0.25) is 0 Å². The molecule has 0 atom stereocenters. The highest BCUT2D eigenvalue weighted by Crippen LogP contribution is 2.33. The molecule has 0 saturated carbocycles. The predicted molar refractivity (Wildman–Crippen MR) is 257 cm³/mol. The van der Waals surface area contributed by atoms with Gasteiger partial charge in [-0.1, -0.05) is 125 Å². The molecular weight excluding hydrogens is 871 g/mol. The molecule has 0 aliphatic carbocycles. The van der Waals surface area contributed by atoms with Gasteiger partial charge in [-0.25, -0.2) is 0 Å². The number of phenolic OH excluding ortho intramolecular Hbond substituents is 3. The first-order chi connectivity index (χ1) is 29.4. The van der Waals surface area contributed by atoms with Crippen LogP contribution in [0.4, 0.5) is 0 Å². The Morgan fingerprint density at radius 1 is 0.590 bits per heavy atom. The molecular formula is C52H51IN4O4. The van der Waals surface area contributed by atoms with Crippen LogP contribution >= 0.6 is 22.6 Å². The first kappa shape index (κ1) is 46.9. The minimum atomic E-state index is 0.0629. The zero-order valence-electron chi connectivity index (χ0n) is 34.8. The normalized spacial score (nSPS) is 10.6. The molecule has 0 fully saturated rings. The fourth-order valence-electron chi connectivity index (χ4n) is 6.90. The third-order valence-electron chi connectivity index (χ3n) is 9.80. The quantitative estimate of drug-likeness (QED) is 0.0268. The van der Waals surface area contributed by atoms with Crippen molar-refractivity contribution in [3.63, 3.8) is 0 Å². The van der Waals surface area contributed by atoms with E-state index in [1.54, 1.807) is 48.6 Å². The number of nitrogens with two attached hydrogens (primary N) is 1. The predicted octanol–water partition coefficient (Wildman–Crippen LogP) is 12.8. The topological polar surface area (TPSA) is 167 Å². The number of benzene rings is 6. The zero-order chi connectivity index (χ0) is 44.5. The van der Waals surface area contributed by atoms with Crippen molar-refractivity contribution >= 4 is 40.6 Å². The van der Waals surface area contributed by atoms with Crippen LogP contribution in [-0.2, 0) is 19.3 Å². The molecule has 6 N–H and O–H groups in total. The molecule has 8 nitrogen and oxygen atoms in total. The number of phenols is 3. The van der Waals surface area contributed by atoms with Gasteiger partial charge in [-0.05, 0) is 158 Å². The summed E-state index contributed by atoms with van der Waals surface area (Å²) in [5.41, 5.74) is 18.9. The number of hydrogen-bond acceptors (Lipinski definition) is 7. The molecule has 0 unspecified atom stereocenters. The van der Waals surface area contributed by atoms with Crippen LogP contribution in [0.2, 0.25) is 0 Å². The SMILES string of the molecule is C=Cc1c(/C(N)=N/O)cc(CCC)cc1-c1ccc(O)cc1.C=Cc1c(C#N)cc(CCC)cc1-c1ccc(O)cc1.CCCc1cc(C#N)c(I)c(-c2ccc(O)cc2)c1. The minimum Gasteiger partial charge on any atom is -0.508 e. The van der Waals surface area contributed by atoms with Crippen LogP contribution in [0.3, 0.4) is 0 Å². The van der Waals surface area contributed by atoms with Crippen LogP contribution in [-0.4, -0.2) is 26.4 Å². The number of nitriles is 2. The Labute approximate surface area is 373 Å². The van der Waals surface area contributed by atoms with Gasteiger partial charge in [-0.15, -0.1) is 0 Å². The van der Waals surface area contributed by atoms with Gasteiger partial charge in [0.1, 0.15) is 23.3 Å². The Balaban J connectivity index is 0.000000202. The fraction of sp³-hybridized carbons (Fsp3) is 0.173. The summed E-state index contributed by atoms with van der Waals surface area (Å²) in [6.45, 7) is 14.0. The summed E-state index contributed by atoms with van der Waals surface area (Å²) >= 11 is 2.21. The smallest absolute Gasteiger partial charge is 0.170 e. The Hall–Kier alpha value is -6.82. The highest BCUT2D eigenvalue weighted by Gasteiger charge is 2.15. The van der Waals surface area contributed by atoms with Gasteiger partial charge in [0.05, 0.1) is 17.2 Å². The molecule has 6 rings (SSSR count). The van der Waals surface area contributed by atoms with E-state index in [-0.39, 0.29) is 23.1 Å². The molecule has 0 aliphatic heterocycles. The Morgan fingerprint density at radius 3 is 1.33 bits per heavy atom. The maximum Gasteiger partial charge on any atom is 0.170 e. The summed E-state index contributed by atoms with van der Waals surface area (Å²) in [6, 6.07) is 37.7. The summed E-state index contributed by atoms with van der Waals surface area (Å²) in [4.78, 5) is 0. The number of oxime groups is 1. The number of amidine groups is 1. The van der Waals surface area contributed by atoms with Crippen molar-refractivity contribution in [3.05, 3.63) is 170 Å². The first-order valence-electron chi connectivity index (χ1n) is 20.0. The van der Waals surface area contributed by atoms with Crippen molar-refractivity contribution in [1.29, 1.82) is 10.5 Å². The lowest BCUT2D eigenvalue weighted by Gasteiger charge is -2.14. The fourth-order valence-corrected chi connectivity index (χ4v) is 7.64. The van der Waals surface area contributed by atoms with Gasteiger partial charge in [0.2, 0.25) is 0 Å². The number of halogens is 1. The maximum atomic E-state index is 9.46. The Morgan fingerprint density at radius 2 is 0.951 bits per heavy atom. The summed E-state index contributed by atoms with van der Waals surface area (Å²) in [5.74, 6) is 0.765. The molecule has 0 heterocycles. The molecule has 310 valence electrons. The second kappa shape index (κ2) is 23.1. The molecule has 0 aromatic heterocycles. The van der Waals surface area contributed by atoms with Gasteiger partial charge in [0.25, 0.3) is 0 Å². The first-order valence-corrected chi connectivity index (χ1v) is 21.1. The van der Waals surface area contributed by atoms with E-state index in [2.05, 4.69) is 92.0 Å². The lowest BCUT2D eigenvalue weighted by Crippen LogP contribution is -2.15. The monoisotopic (exact) mass is 922 g/mol. The Kier molecular flexibility index (Phi) is 17.7. The van der Waals surface area contributed by atoms with Crippen LogP contribution in [0.15, 0.2) is 128 Å². The van der Waals surface area contributed by atoms with E-state index in [0.29, 0.717) is 11.1 Å². The largest absolute Gasteiger partial charge is 0.508 e.